The third-order valence-electron chi connectivity index (χ3n) is 4.36. The molecule has 0 amide bonds. The maximum Gasteiger partial charge on any atom is 0.0573 e. The smallest absolute Gasteiger partial charge is 0.0573 e. The number of aromatic nitrogens is 1. The third kappa shape index (κ3) is 4.02. The quantitative estimate of drug-likeness (QED) is 0.883. The van der Waals surface area contributed by atoms with Crippen LogP contribution in [-0.4, -0.2) is 35.6 Å². The Balaban J connectivity index is 1.82. The third-order valence-corrected chi connectivity index (χ3v) is 4.36. The molecule has 1 atom stereocenters. The summed E-state index contributed by atoms with van der Waals surface area (Å²) in [5.74, 6) is 0.834. The highest BCUT2D eigenvalue weighted by molar-refractivity contribution is 5.17. The zero-order valence-corrected chi connectivity index (χ0v) is 12.5. The first-order valence-corrected chi connectivity index (χ1v) is 7.57. The first-order chi connectivity index (χ1) is 9.20. The normalized spacial score (nSPS) is 19.5. The van der Waals surface area contributed by atoms with Gasteiger partial charge in [-0.3, -0.25) is 9.88 Å². The number of hydrogen-bond donors (Lipinski definition) is 1. The molecule has 1 aromatic rings. The van der Waals surface area contributed by atoms with Crippen molar-refractivity contribution in [3.8, 4) is 0 Å². The maximum atomic E-state index is 4.50. The molecule has 0 saturated carbocycles. The van der Waals surface area contributed by atoms with Crippen molar-refractivity contribution in [2.24, 2.45) is 5.92 Å². The van der Waals surface area contributed by atoms with Crippen LogP contribution >= 0.6 is 0 Å². The lowest BCUT2D eigenvalue weighted by Gasteiger charge is -2.35. The molecule has 3 heteroatoms. The highest BCUT2D eigenvalue weighted by Gasteiger charge is 2.23. The first kappa shape index (κ1) is 14.5. The molecule has 0 aromatic carbocycles. The number of rotatable bonds is 5. The molecule has 1 fully saturated rings. The lowest BCUT2D eigenvalue weighted by atomic mass is 9.90. The SMILES string of the molecule is CCNC(C)C1CCN(Cc2ncccc2C)CC1. The second-order valence-corrected chi connectivity index (χ2v) is 5.73. The number of nitrogens with zero attached hydrogens (tertiary/aromatic N) is 2. The maximum absolute atomic E-state index is 4.50. The number of nitrogens with one attached hydrogen (secondary N) is 1. The predicted octanol–water partition coefficient (Wildman–Crippen LogP) is 2.60. The van der Waals surface area contributed by atoms with E-state index in [4.69, 9.17) is 0 Å². The molecule has 106 valence electrons. The van der Waals surface area contributed by atoms with Crippen LogP contribution in [0.15, 0.2) is 18.3 Å². The van der Waals surface area contributed by atoms with Crippen LogP contribution in [0.5, 0.6) is 0 Å². The Hall–Kier alpha value is -0.930. The second kappa shape index (κ2) is 7.01. The van der Waals surface area contributed by atoms with Gasteiger partial charge in [-0.05, 0) is 63.9 Å². The largest absolute Gasteiger partial charge is 0.314 e. The summed E-state index contributed by atoms with van der Waals surface area (Å²) in [7, 11) is 0. The van der Waals surface area contributed by atoms with Crippen molar-refractivity contribution in [3.63, 3.8) is 0 Å². The van der Waals surface area contributed by atoms with Crippen molar-refractivity contribution in [2.45, 2.75) is 46.2 Å². The summed E-state index contributed by atoms with van der Waals surface area (Å²) < 4.78 is 0. The monoisotopic (exact) mass is 261 g/mol. The molecular weight excluding hydrogens is 234 g/mol. The van der Waals surface area contributed by atoms with E-state index >= 15 is 0 Å². The number of pyridine rings is 1. The fraction of sp³-hybridized carbons (Fsp3) is 0.688. The molecule has 0 bridgehead atoms. The fourth-order valence-corrected chi connectivity index (χ4v) is 3.00. The number of hydrogen-bond acceptors (Lipinski definition) is 3. The molecule has 1 aliphatic heterocycles. The van der Waals surface area contributed by atoms with E-state index in [0.29, 0.717) is 6.04 Å². The second-order valence-electron chi connectivity index (χ2n) is 5.73. The molecular formula is C16H27N3. The van der Waals surface area contributed by atoms with E-state index in [9.17, 15) is 0 Å². The lowest BCUT2D eigenvalue weighted by molar-refractivity contribution is 0.155. The van der Waals surface area contributed by atoms with Crippen LogP contribution in [0.25, 0.3) is 0 Å². The van der Waals surface area contributed by atoms with Crippen LogP contribution in [-0.2, 0) is 6.54 Å². The molecule has 2 rings (SSSR count). The summed E-state index contributed by atoms with van der Waals surface area (Å²) in [5.41, 5.74) is 2.55. The molecule has 0 aliphatic carbocycles. The standard InChI is InChI=1S/C16H27N3/c1-4-17-14(3)15-7-10-19(11-8-15)12-16-13(2)6-5-9-18-16/h5-6,9,14-15,17H,4,7-8,10-12H2,1-3H3. The number of piperidine rings is 1. The minimum Gasteiger partial charge on any atom is -0.314 e. The van der Waals surface area contributed by atoms with Gasteiger partial charge < -0.3 is 5.32 Å². The van der Waals surface area contributed by atoms with Gasteiger partial charge in [0, 0.05) is 18.8 Å². The van der Waals surface area contributed by atoms with Crippen LogP contribution in [0.1, 0.15) is 37.9 Å². The van der Waals surface area contributed by atoms with Gasteiger partial charge in [-0.15, -0.1) is 0 Å². The molecule has 2 heterocycles. The van der Waals surface area contributed by atoms with E-state index in [0.717, 1.165) is 19.0 Å². The summed E-state index contributed by atoms with van der Waals surface area (Å²) in [6, 6.07) is 4.83. The van der Waals surface area contributed by atoms with Crippen LogP contribution in [0.3, 0.4) is 0 Å². The van der Waals surface area contributed by atoms with Crippen molar-refractivity contribution >= 4 is 0 Å². The van der Waals surface area contributed by atoms with Crippen molar-refractivity contribution < 1.29 is 0 Å². The van der Waals surface area contributed by atoms with Crippen molar-refractivity contribution in [1.82, 2.24) is 15.2 Å². The summed E-state index contributed by atoms with van der Waals surface area (Å²) in [4.78, 5) is 7.05. The van der Waals surface area contributed by atoms with Gasteiger partial charge in [-0.1, -0.05) is 13.0 Å². The van der Waals surface area contributed by atoms with E-state index in [1.54, 1.807) is 0 Å². The zero-order chi connectivity index (χ0) is 13.7. The summed E-state index contributed by atoms with van der Waals surface area (Å²) in [6.45, 7) is 11.2. The van der Waals surface area contributed by atoms with Crippen LogP contribution in [0.2, 0.25) is 0 Å². The average molecular weight is 261 g/mol. The van der Waals surface area contributed by atoms with Gasteiger partial charge in [0.1, 0.15) is 0 Å². The van der Waals surface area contributed by atoms with Gasteiger partial charge in [0.15, 0.2) is 0 Å². The van der Waals surface area contributed by atoms with Crippen molar-refractivity contribution in [1.29, 1.82) is 0 Å². The lowest BCUT2D eigenvalue weighted by Crippen LogP contribution is -2.41. The number of aryl methyl sites for hydroxylation is 1. The Labute approximate surface area is 117 Å². The van der Waals surface area contributed by atoms with Gasteiger partial charge in [-0.25, -0.2) is 0 Å². The molecule has 0 radical (unpaired) electrons. The topological polar surface area (TPSA) is 28.2 Å². The molecule has 1 saturated heterocycles. The minimum atomic E-state index is 0.656. The Morgan fingerprint density at radius 3 is 2.79 bits per heavy atom. The van der Waals surface area contributed by atoms with E-state index in [-0.39, 0.29) is 0 Å². The highest BCUT2D eigenvalue weighted by atomic mass is 15.1. The Morgan fingerprint density at radius 2 is 2.16 bits per heavy atom. The van der Waals surface area contributed by atoms with Crippen LogP contribution in [0, 0.1) is 12.8 Å². The Morgan fingerprint density at radius 1 is 1.42 bits per heavy atom. The van der Waals surface area contributed by atoms with E-state index < -0.39 is 0 Å². The molecule has 1 unspecified atom stereocenters. The summed E-state index contributed by atoms with van der Waals surface area (Å²) >= 11 is 0. The minimum absolute atomic E-state index is 0.656. The molecule has 3 nitrogen and oxygen atoms in total. The van der Waals surface area contributed by atoms with Gasteiger partial charge in [0.05, 0.1) is 5.69 Å². The molecule has 1 aliphatic rings. The van der Waals surface area contributed by atoms with Gasteiger partial charge in [0.25, 0.3) is 0 Å². The Bertz CT molecular complexity index is 383. The fourth-order valence-electron chi connectivity index (χ4n) is 3.00. The first-order valence-electron chi connectivity index (χ1n) is 7.57. The molecule has 1 N–H and O–H groups in total. The van der Waals surface area contributed by atoms with Gasteiger partial charge in [-0.2, -0.15) is 0 Å². The van der Waals surface area contributed by atoms with E-state index in [1.807, 2.05) is 12.3 Å². The van der Waals surface area contributed by atoms with Crippen LogP contribution < -0.4 is 5.32 Å². The zero-order valence-electron chi connectivity index (χ0n) is 12.5. The Kier molecular flexibility index (Phi) is 5.34. The molecule has 0 spiro atoms. The molecule has 19 heavy (non-hydrogen) atoms. The van der Waals surface area contributed by atoms with Crippen molar-refractivity contribution in [2.75, 3.05) is 19.6 Å². The van der Waals surface area contributed by atoms with E-state index in [2.05, 4.69) is 42.0 Å². The highest BCUT2D eigenvalue weighted by Crippen LogP contribution is 2.22. The average Bonchev–Trinajstić information content (AvgIpc) is 2.42. The van der Waals surface area contributed by atoms with Crippen LogP contribution in [0.4, 0.5) is 0 Å². The number of likely N-dealkylation sites (tertiary alicyclic amines) is 1. The molecule has 1 aromatic heterocycles. The summed E-state index contributed by atoms with van der Waals surface area (Å²) in [6.07, 6.45) is 4.52. The van der Waals surface area contributed by atoms with E-state index in [1.165, 1.54) is 37.2 Å². The van der Waals surface area contributed by atoms with Crippen molar-refractivity contribution in [3.05, 3.63) is 29.6 Å². The summed E-state index contributed by atoms with van der Waals surface area (Å²) in [5, 5.41) is 3.56. The van der Waals surface area contributed by atoms with Gasteiger partial charge in [0.2, 0.25) is 0 Å². The predicted molar refractivity (Wildman–Crippen MR) is 80.1 cm³/mol. The van der Waals surface area contributed by atoms with Gasteiger partial charge >= 0.3 is 0 Å².